The van der Waals surface area contributed by atoms with Crippen LogP contribution >= 0.6 is 0 Å². The smallest absolute Gasteiger partial charge is 0.325 e. The molecule has 1 aromatic heterocycles. The maximum Gasteiger partial charge on any atom is 0.325 e. The molecule has 8 heteroatoms. The Labute approximate surface area is 119 Å². The van der Waals surface area contributed by atoms with Gasteiger partial charge in [0.1, 0.15) is 6.54 Å². The number of anilines is 1. The van der Waals surface area contributed by atoms with Crippen LogP contribution in [0.4, 0.5) is 10.1 Å². The number of amides is 1. The third kappa shape index (κ3) is 4.30. The molecule has 0 bridgehead atoms. The number of hydrogen-bond donors (Lipinski definition) is 2. The number of carboxylic acid groups (broad SMARTS) is 1. The summed E-state index contributed by atoms with van der Waals surface area (Å²) in [4.78, 5) is 22.1. The molecule has 0 radical (unpaired) electrons. The van der Waals surface area contributed by atoms with Crippen LogP contribution in [0.5, 0.6) is 5.75 Å². The fourth-order valence-electron chi connectivity index (χ4n) is 1.56. The van der Waals surface area contributed by atoms with E-state index in [1.807, 2.05) is 0 Å². The molecule has 7 nitrogen and oxygen atoms in total. The molecule has 110 valence electrons. The Bertz CT molecular complexity index is 656. The summed E-state index contributed by atoms with van der Waals surface area (Å²) in [5.74, 6) is -2.12. The Balaban J connectivity index is 1.86. The number of carboxylic acids is 1. The summed E-state index contributed by atoms with van der Waals surface area (Å²) in [6.07, 6.45) is 2.68. The molecule has 0 aliphatic rings. The van der Waals surface area contributed by atoms with Crippen molar-refractivity contribution in [2.24, 2.45) is 0 Å². The van der Waals surface area contributed by atoms with E-state index >= 15 is 0 Å². The second kappa shape index (κ2) is 6.51. The minimum Gasteiger partial charge on any atom is -0.481 e. The normalized spacial score (nSPS) is 10.1. The van der Waals surface area contributed by atoms with E-state index < -0.39 is 17.7 Å². The number of aromatic nitrogens is 2. The van der Waals surface area contributed by atoms with E-state index in [9.17, 15) is 14.0 Å². The lowest BCUT2D eigenvalue weighted by atomic mass is 10.3. The van der Waals surface area contributed by atoms with E-state index in [4.69, 9.17) is 9.84 Å². The molecule has 0 saturated carbocycles. The Kier molecular flexibility index (Phi) is 4.50. The minimum atomic E-state index is -1.04. The first-order chi connectivity index (χ1) is 10.0. The second-order valence-electron chi connectivity index (χ2n) is 4.09. The van der Waals surface area contributed by atoms with Gasteiger partial charge in [0.2, 0.25) is 0 Å². The molecular formula is C13H12FN3O4. The third-order valence-corrected chi connectivity index (χ3v) is 2.41. The van der Waals surface area contributed by atoms with Gasteiger partial charge in [-0.3, -0.25) is 14.3 Å². The van der Waals surface area contributed by atoms with Crippen molar-refractivity contribution in [2.75, 3.05) is 11.9 Å². The summed E-state index contributed by atoms with van der Waals surface area (Å²) >= 11 is 0. The maximum absolute atomic E-state index is 13.3. The molecule has 0 fully saturated rings. The zero-order chi connectivity index (χ0) is 15.2. The van der Waals surface area contributed by atoms with Gasteiger partial charge in [-0.1, -0.05) is 12.1 Å². The van der Waals surface area contributed by atoms with Gasteiger partial charge in [-0.25, -0.2) is 4.39 Å². The number of ether oxygens (including phenoxy) is 1. The molecule has 1 heterocycles. The standard InChI is InChI=1S/C13H12FN3O4/c14-10-3-1-2-4-11(10)21-8-12(18)16-9-5-15-17(6-9)7-13(19)20/h1-6H,7-8H2,(H,16,18)(H,19,20). The Morgan fingerprint density at radius 2 is 2.14 bits per heavy atom. The predicted octanol–water partition coefficient (Wildman–Crippen LogP) is 1.12. The molecule has 0 unspecified atom stereocenters. The second-order valence-corrected chi connectivity index (χ2v) is 4.09. The van der Waals surface area contributed by atoms with Crippen LogP contribution in [-0.4, -0.2) is 33.4 Å². The molecule has 0 aliphatic carbocycles. The van der Waals surface area contributed by atoms with E-state index in [1.54, 1.807) is 6.07 Å². The van der Waals surface area contributed by atoms with Crippen LogP contribution in [0, 0.1) is 5.82 Å². The van der Waals surface area contributed by atoms with Crippen LogP contribution in [0.3, 0.4) is 0 Å². The number of carbonyl (C=O) groups is 2. The van der Waals surface area contributed by atoms with Crippen molar-refractivity contribution in [3.05, 3.63) is 42.5 Å². The van der Waals surface area contributed by atoms with E-state index in [0.717, 1.165) is 4.68 Å². The van der Waals surface area contributed by atoms with E-state index in [-0.39, 0.29) is 18.9 Å². The third-order valence-electron chi connectivity index (χ3n) is 2.41. The van der Waals surface area contributed by atoms with Gasteiger partial charge < -0.3 is 15.2 Å². The number of benzene rings is 1. The molecule has 0 aliphatic heterocycles. The Morgan fingerprint density at radius 3 is 2.86 bits per heavy atom. The molecule has 2 rings (SSSR count). The van der Waals surface area contributed by atoms with Gasteiger partial charge in [0.25, 0.3) is 5.91 Å². The van der Waals surface area contributed by atoms with Crippen molar-refractivity contribution in [1.82, 2.24) is 9.78 Å². The SMILES string of the molecule is O=C(O)Cn1cc(NC(=O)COc2ccccc2F)cn1. The summed E-state index contributed by atoms with van der Waals surface area (Å²) in [5.41, 5.74) is 0.332. The fraction of sp³-hybridized carbons (Fsp3) is 0.154. The molecule has 2 aromatic rings. The molecule has 1 aromatic carbocycles. The number of carbonyl (C=O) groups excluding carboxylic acids is 1. The van der Waals surface area contributed by atoms with Gasteiger partial charge in [-0.2, -0.15) is 5.10 Å². The molecule has 21 heavy (non-hydrogen) atoms. The first-order valence-corrected chi connectivity index (χ1v) is 5.96. The average Bonchev–Trinajstić information content (AvgIpc) is 2.84. The predicted molar refractivity (Wildman–Crippen MR) is 70.4 cm³/mol. The van der Waals surface area contributed by atoms with Gasteiger partial charge in [0, 0.05) is 6.20 Å². The maximum atomic E-state index is 13.3. The Hall–Kier alpha value is -2.90. The van der Waals surface area contributed by atoms with Crippen LogP contribution in [-0.2, 0) is 16.1 Å². The first-order valence-electron chi connectivity index (χ1n) is 5.96. The van der Waals surface area contributed by atoms with Crippen LogP contribution in [0.15, 0.2) is 36.7 Å². The number of para-hydroxylation sites is 1. The quantitative estimate of drug-likeness (QED) is 0.832. The zero-order valence-corrected chi connectivity index (χ0v) is 10.8. The topological polar surface area (TPSA) is 93.5 Å². The summed E-state index contributed by atoms with van der Waals surface area (Å²) in [5, 5.41) is 14.8. The summed E-state index contributed by atoms with van der Waals surface area (Å²) in [6.45, 7) is -0.674. The van der Waals surface area contributed by atoms with Crippen LogP contribution in [0.1, 0.15) is 0 Å². The van der Waals surface area contributed by atoms with Gasteiger partial charge in [0.15, 0.2) is 18.2 Å². The van der Waals surface area contributed by atoms with Crippen LogP contribution in [0.2, 0.25) is 0 Å². The summed E-state index contributed by atoms with van der Waals surface area (Å²) in [7, 11) is 0. The monoisotopic (exact) mass is 293 g/mol. The van der Waals surface area contributed by atoms with Gasteiger partial charge in [0.05, 0.1) is 11.9 Å². The van der Waals surface area contributed by atoms with Crippen molar-refractivity contribution in [2.45, 2.75) is 6.54 Å². The lowest BCUT2D eigenvalue weighted by Gasteiger charge is -2.06. The van der Waals surface area contributed by atoms with Crippen molar-refractivity contribution in [1.29, 1.82) is 0 Å². The number of rotatable bonds is 6. The molecule has 1 amide bonds. The van der Waals surface area contributed by atoms with Gasteiger partial charge >= 0.3 is 5.97 Å². The lowest BCUT2D eigenvalue weighted by Crippen LogP contribution is -2.20. The highest BCUT2D eigenvalue weighted by molar-refractivity contribution is 5.91. The van der Waals surface area contributed by atoms with Gasteiger partial charge in [-0.05, 0) is 12.1 Å². The van der Waals surface area contributed by atoms with Crippen molar-refractivity contribution >= 4 is 17.6 Å². The average molecular weight is 293 g/mol. The largest absolute Gasteiger partial charge is 0.481 e. The van der Waals surface area contributed by atoms with Gasteiger partial charge in [-0.15, -0.1) is 0 Å². The van der Waals surface area contributed by atoms with E-state index in [2.05, 4.69) is 10.4 Å². The zero-order valence-electron chi connectivity index (χ0n) is 10.8. The number of nitrogens with zero attached hydrogens (tertiary/aromatic N) is 2. The minimum absolute atomic E-state index is 0.0192. The number of hydrogen-bond acceptors (Lipinski definition) is 4. The lowest BCUT2D eigenvalue weighted by molar-refractivity contribution is -0.137. The molecule has 2 N–H and O–H groups in total. The van der Waals surface area contributed by atoms with Crippen molar-refractivity contribution < 1.29 is 23.8 Å². The van der Waals surface area contributed by atoms with Crippen LogP contribution < -0.4 is 10.1 Å². The highest BCUT2D eigenvalue weighted by Gasteiger charge is 2.08. The number of aliphatic carboxylic acids is 1. The molecular weight excluding hydrogens is 281 g/mol. The first kappa shape index (κ1) is 14.5. The number of halogens is 1. The summed E-state index contributed by atoms with van der Waals surface area (Å²) < 4.78 is 19.5. The van der Waals surface area contributed by atoms with E-state index in [1.165, 1.54) is 30.6 Å². The molecule has 0 atom stereocenters. The van der Waals surface area contributed by atoms with Crippen molar-refractivity contribution in [3.8, 4) is 5.75 Å². The number of nitrogens with one attached hydrogen (secondary N) is 1. The highest BCUT2D eigenvalue weighted by atomic mass is 19.1. The highest BCUT2D eigenvalue weighted by Crippen LogP contribution is 2.15. The van der Waals surface area contributed by atoms with E-state index in [0.29, 0.717) is 5.69 Å². The summed E-state index contributed by atoms with van der Waals surface area (Å²) in [6, 6.07) is 5.74. The molecule has 0 saturated heterocycles. The fourth-order valence-corrected chi connectivity index (χ4v) is 1.56. The Morgan fingerprint density at radius 1 is 1.38 bits per heavy atom. The van der Waals surface area contributed by atoms with Crippen molar-refractivity contribution in [3.63, 3.8) is 0 Å². The van der Waals surface area contributed by atoms with Crippen LogP contribution in [0.25, 0.3) is 0 Å². The molecule has 0 spiro atoms.